The number of aromatic nitrogens is 2. The summed E-state index contributed by atoms with van der Waals surface area (Å²) in [7, 11) is 0. The van der Waals surface area contributed by atoms with Crippen LogP contribution in [0, 0.1) is 0 Å². The van der Waals surface area contributed by atoms with E-state index in [0.717, 1.165) is 23.8 Å². The molecule has 0 aliphatic rings. The molecule has 0 amide bonds. The van der Waals surface area contributed by atoms with Crippen LogP contribution in [0.25, 0.3) is 0 Å². The second kappa shape index (κ2) is 10.1. The Morgan fingerprint density at radius 1 is 1.07 bits per heavy atom. The van der Waals surface area contributed by atoms with Gasteiger partial charge in [-0.05, 0) is 36.4 Å². The lowest BCUT2D eigenvalue weighted by molar-refractivity contribution is 0.275. The summed E-state index contributed by atoms with van der Waals surface area (Å²) in [5.41, 5.74) is 0.631. The summed E-state index contributed by atoms with van der Waals surface area (Å²) in [6, 6.07) is 9.95. The highest BCUT2D eigenvalue weighted by Crippen LogP contribution is 2.43. The molecule has 0 radical (unpaired) electrons. The highest BCUT2D eigenvalue weighted by Gasteiger charge is 2.24. The van der Waals surface area contributed by atoms with Crippen LogP contribution in [0.5, 0.6) is 5.75 Å². The van der Waals surface area contributed by atoms with Crippen molar-refractivity contribution in [3.05, 3.63) is 80.8 Å². The highest BCUT2D eigenvalue weighted by atomic mass is 35.5. The maximum atomic E-state index is 12.5. The fraction of sp³-hybridized carbons (Fsp3) is 0.111. The Kier molecular flexibility index (Phi) is 7.85. The molecular formula is C18H12Cl4N2O2S2. The SMILES string of the molecule is O=C(SOc1ccc(Cl)cc1)SC(Cn1ccnc1)c1c(Cl)cc(Cl)cc1Cl. The van der Waals surface area contributed by atoms with Gasteiger partial charge >= 0.3 is 0 Å². The van der Waals surface area contributed by atoms with E-state index in [2.05, 4.69) is 4.98 Å². The number of nitrogens with zero attached hydrogens (tertiary/aromatic N) is 2. The van der Waals surface area contributed by atoms with Gasteiger partial charge in [0.2, 0.25) is 0 Å². The molecule has 0 spiro atoms. The van der Waals surface area contributed by atoms with E-state index in [9.17, 15) is 4.79 Å². The Labute approximate surface area is 190 Å². The van der Waals surface area contributed by atoms with Crippen LogP contribution >= 0.6 is 70.2 Å². The molecule has 10 heteroatoms. The summed E-state index contributed by atoms with van der Waals surface area (Å²) < 4.78 is 7.05. The van der Waals surface area contributed by atoms with E-state index in [-0.39, 0.29) is 9.70 Å². The largest absolute Gasteiger partial charge is 0.417 e. The van der Waals surface area contributed by atoms with Gasteiger partial charge in [0.15, 0.2) is 0 Å². The minimum atomic E-state index is -0.361. The van der Waals surface area contributed by atoms with Crippen LogP contribution in [0.3, 0.4) is 0 Å². The predicted molar refractivity (Wildman–Crippen MR) is 119 cm³/mol. The summed E-state index contributed by atoms with van der Waals surface area (Å²) in [5.74, 6) is 0.525. The number of carbonyl (C=O) groups is 1. The molecule has 1 aromatic heterocycles. The van der Waals surface area contributed by atoms with Gasteiger partial charge in [-0.25, -0.2) is 4.98 Å². The lowest BCUT2D eigenvalue weighted by Gasteiger charge is -2.19. The van der Waals surface area contributed by atoms with Crippen molar-refractivity contribution in [3.8, 4) is 5.75 Å². The number of carbonyl (C=O) groups excluding carboxylic acids is 1. The van der Waals surface area contributed by atoms with Crippen LogP contribution in [-0.2, 0) is 6.54 Å². The van der Waals surface area contributed by atoms with Gasteiger partial charge in [-0.1, -0.05) is 58.2 Å². The van der Waals surface area contributed by atoms with E-state index in [1.54, 1.807) is 55.1 Å². The maximum Gasteiger partial charge on any atom is 0.285 e. The molecule has 0 aliphatic heterocycles. The van der Waals surface area contributed by atoms with Crippen LogP contribution in [0.15, 0.2) is 55.1 Å². The van der Waals surface area contributed by atoms with Crippen molar-refractivity contribution in [1.82, 2.24) is 9.55 Å². The van der Waals surface area contributed by atoms with Crippen molar-refractivity contribution in [2.24, 2.45) is 0 Å². The number of benzene rings is 2. The van der Waals surface area contributed by atoms with E-state index in [1.165, 1.54) is 0 Å². The van der Waals surface area contributed by atoms with Crippen molar-refractivity contribution in [3.63, 3.8) is 0 Å². The van der Waals surface area contributed by atoms with Crippen molar-refractivity contribution in [2.75, 3.05) is 0 Å². The zero-order chi connectivity index (χ0) is 20.1. The zero-order valence-electron chi connectivity index (χ0n) is 14.0. The summed E-state index contributed by atoms with van der Waals surface area (Å²) in [6.07, 6.45) is 5.12. The first-order valence-electron chi connectivity index (χ1n) is 7.83. The monoisotopic (exact) mass is 492 g/mol. The van der Waals surface area contributed by atoms with Crippen molar-refractivity contribution in [2.45, 2.75) is 11.8 Å². The third-order valence-electron chi connectivity index (χ3n) is 3.56. The second-order valence-corrected chi connectivity index (χ2v) is 9.35. The maximum absolute atomic E-state index is 12.5. The zero-order valence-corrected chi connectivity index (χ0v) is 18.7. The van der Waals surface area contributed by atoms with Gasteiger partial charge in [-0.3, -0.25) is 4.79 Å². The molecule has 28 heavy (non-hydrogen) atoms. The number of hydrogen-bond donors (Lipinski definition) is 0. The molecule has 2 aromatic carbocycles. The first-order valence-corrected chi connectivity index (χ1v) is 11.0. The number of hydrogen-bond acceptors (Lipinski definition) is 5. The van der Waals surface area contributed by atoms with Gasteiger partial charge in [0.25, 0.3) is 4.45 Å². The molecular weight excluding hydrogens is 482 g/mol. The quantitative estimate of drug-likeness (QED) is 0.327. The molecule has 0 bridgehead atoms. The van der Waals surface area contributed by atoms with Crippen LogP contribution < -0.4 is 4.18 Å². The summed E-state index contributed by atoms with van der Waals surface area (Å²) >= 11 is 26.4. The molecule has 0 aliphatic carbocycles. The van der Waals surface area contributed by atoms with Gasteiger partial charge in [-0.2, -0.15) is 0 Å². The molecule has 3 aromatic rings. The molecule has 0 fully saturated rings. The Hall–Kier alpha value is -1.02. The Bertz CT molecular complexity index is 930. The minimum Gasteiger partial charge on any atom is -0.417 e. The van der Waals surface area contributed by atoms with Gasteiger partial charge in [-0.15, -0.1) is 0 Å². The summed E-state index contributed by atoms with van der Waals surface area (Å²) in [5, 5.41) is 1.45. The third kappa shape index (κ3) is 5.99. The molecule has 4 nitrogen and oxygen atoms in total. The standard InChI is InChI=1S/C18H12Cl4N2O2S2/c19-11-1-3-13(4-2-11)26-28-18(25)27-16(9-24-6-5-23-10-24)17-14(21)7-12(20)8-15(17)22/h1-8,10,16H,9H2. The van der Waals surface area contributed by atoms with Crippen LogP contribution in [0.1, 0.15) is 10.8 Å². The number of thioether (sulfide) groups is 1. The predicted octanol–water partition coefficient (Wildman–Crippen LogP) is 7.82. The highest BCUT2D eigenvalue weighted by molar-refractivity contribution is 8.37. The first-order chi connectivity index (χ1) is 13.4. The molecule has 0 saturated heterocycles. The van der Waals surface area contributed by atoms with E-state index >= 15 is 0 Å². The lowest BCUT2D eigenvalue weighted by Crippen LogP contribution is -2.08. The molecule has 1 unspecified atom stereocenters. The Morgan fingerprint density at radius 2 is 1.75 bits per heavy atom. The molecule has 3 rings (SSSR count). The number of halogens is 4. The fourth-order valence-electron chi connectivity index (χ4n) is 2.34. The average molecular weight is 494 g/mol. The van der Waals surface area contributed by atoms with Gasteiger partial charge in [0.05, 0.1) is 11.6 Å². The molecule has 0 saturated carbocycles. The number of rotatable bonds is 6. The van der Waals surface area contributed by atoms with Gasteiger partial charge < -0.3 is 8.75 Å². The smallest absolute Gasteiger partial charge is 0.285 e. The summed E-state index contributed by atoms with van der Waals surface area (Å²) in [4.78, 5) is 16.6. The Morgan fingerprint density at radius 3 is 2.36 bits per heavy atom. The van der Waals surface area contributed by atoms with E-state index in [0.29, 0.717) is 37.9 Å². The van der Waals surface area contributed by atoms with Crippen LogP contribution in [0.4, 0.5) is 4.79 Å². The average Bonchev–Trinajstić information content (AvgIpc) is 3.13. The van der Waals surface area contributed by atoms with E-state index in [1.807, 2.05) is 4.57 Å². The van der Waals surface area contributed by atoms with Crippen molar-refractivity contribution in [1.29, 1.82) is 0 Å². The third-order valence-corrected chi connectivity index (χ3v) is 6.42. The number of imidazole rings is 1. The van der Waals surface area contributed by atoms with Crippen LogP contribution in [-0.4, -0.2) is 14.0 Å². The van der Waals surface area contributed by atoms with Crippen LogP contribution in [0.2, 0.25) is 20.1 Å². The topological polar surface area (TPSA) is 44.1 Å². The van der Waals surface area contributed by atoms with Crippen molar-refractivity contribution < 1.29 is 8.98 Å². The summed E-state index contributed by atoms with van der Waals surface area (Å²) in [6.45, 7) is 0.443. The lowest BCUT2D eigenvalue weighted by atomic mass is 10.1. The molecule has 1 heterocycles. The van der Waals surface area contributed by atoms with E-state index in [4.69, 9.17) is 50.6 Å². The minimum absolute atomic E-state index is 0.248. The van der Waals surface area contributed by atoms with Gasteiger partial charge in [0, 0.05) is 44.6 Å². The molecule has 1 atom stereocenters. The Balaban J connectivity index is 1.75. The second-order valence-electron chi connectivity index (χ2n) is 5.52. The van der Waals surface area contributed by atoms with Crippen molar-refractivity contribution >= 4 is 74.7 Å². The molecule has 146 valence electrons. The first kappa shape index (κ1) is 21.7. The normalized spacial score (nSPS) is 12.0. The fourth-order valence-corrected chi connectivity index (χ4v) is 5.41. The van der Waals surface area contributed by atoms with E-state index < -0.39 is 0 Å². The molecule has 0 N–H and O–H groups in total. The van der Waals surface area contributed by atoms with Gasteiger partial charge in [0.1, 0.15) is 17.8 Å².